The summed E-state index contributed by atoms with van der Waals surface area (Å²) in [5, 5.41) is 3.72. The van der Waals surface area contributed by atoms with E-state index in [0.717, 1.165) is 12.5 Å². The Kier molecular flexibility index (Phi) is 3.97. The van der Waals surface area contributed by atoms with Gasteiger partial charge in [-0.05, 0) is 42.9 Å². The van der Waals surface area contributed by atoms with E-state index in [2.05, 4.69) is 39.4 Å². The number of hydrogen-bond donors (Lipinski definition) is 1. The Morgan fingerprint density at radius 3 is 2.43 bits per heavy atom. The molecule has 1 atom stereocenters. The maximum atomic E-state index is 3.72. The third kappa shape index (κ3) is 3.31. The zero-order valence-corrected chi connectivity index (χ0v) is 12.9. The molecule has 21 heavy (non-hydrogen) atoms. The summed E-state index contributed by atoms with van der Waals surface area (Å²) in [5.41, 5.74) is 3.08. The number of hydrogen-bond acceptors (Lipinski definition) is 3. The van der Waals surface area contributed by atoms with Gasteiger partial charge in [0.25, 0.3) is 0 Å². The van der Waals surface area contributed by atoms with Crippen molar-refractivity contribution >= 4 is 0 Å². The van der Waals surface area contributed by atoms with Gasteiger partial charge in [0.15, 0.2) is 0 Å². The topological polar surface area (TPSA) is 18.5 Å². The van der Waals surface area contributed by atoms with Gasteiger partial charge >= 0.3 is 0 Å². The maximum Gasteiger partial charge on any atom is 0.0452 e. The van der Waals surface area contributed by atoms with Crippen LogP contribution in [-0.2, 0) is 6.42 Å². The van der Waals surface area contributed by atoms with Crippen LogP contribution in [0.1, 0.15) is 30.0 Å². The summed E-state index contributed by atoms with van der Waals surface area (Å²) in [5.74, 6) is 1.03. The van der Waals surface area contributed by atoms with Crippen LogP contribution in [-0.4, -0.2) is 55.6 Å². The van der Waals surface area contributed by atoms with E-state index in [1.165, 1.54) is 64.1 Å². The molecule has 3 heteroatoms. The number of piperazine rings is 1. The van der Waals surface area contributed by atoms with E-state index in [9.17, 15) is 0 Å². The van der Waals surface area contributed by atoms with E-state index in [-0.39, 0.29) is 0 Å². The van der Waals surface area contributed by atoms with E-state index in [1.54, 1.807) is 5.56 Å². The van der Waals surface area contributed by atoms with Crippen LogP contribution in [0.2, 0.25) is 0 Å². The Labute approximate surface area is 128 Å². The molecule has 0 bridgehead atoms. The molecule has 0 spiro atoms. The lowest BCUT2D eigenvalue weighted by Gasteiger charge is -2.38. The molecule has 2 fully saturated rings. The number of benzene rings is 1. The van der Waals surface area contributed by atoms with E-state index in [1.807, 2.05) is 0 Å². The molecule has 0 radical (unpaired) electrons. The molecule has 1 aliphatic carbocycles. The second-order valence-corrected chi connectivity index (χ2v) is 7.00. The lowest BCUT2D eigenvalue weighted by Crippen LogP contribution is -2.49. The van der Waals surface area contributed by atoms with E-state index >= 15 is 0 Å². The molecule has 1 aromatic rings. The minimum absolute atomic E-state index is 0.532. The monoisotopic (exact) mass is 285 g/mol. The van der Waals surface area contributed by atoms with Crippen molar-refractivity contribution in [1.82, 2.24) is 15.1 Å². The molecular weight excluding hydrogens is 258 g/mol. The largest absolute Gasteiger partial charge is 0.309 e. The van der Waals surface area contributed by atoms with Gasteiger partial charge in [0.05, 0.1) is 0 Å². The molecular formula is C18H27N3. The molecule has 2 heterocycles. The minimum atomic E-state index is 0.532. The highest BCUT2D eigenvalue weighted by Gasteiger charge is 2.28. The predicted molar refractivity (Wildman–Crippen MR) is 86.5 cm³/mol. The van der Waals surface area contributed by atoms with Crippen LogP contribution < -0.4 is 5.32 Å². The maximum absolute atomic E-state index is 3.72. The Bertz CT molecular complexity index is 475. The highest BCUT2D eigenvalue weighted by atomic mass is 15.3. The van der Waals surface area contributed by atoms with Gasteiger partial charge in [-0.3, -0.25) is 4.90 Å². The van der Waals surface area contributed by atoms with Crippen molar-refractivity contribution in [2.24, 2.45) is 5.92 Å². The molecule has 3 nitrogen and oxygen atoms in total. The summed E-state index contributed by atoms with van der Waals surface area (Å²) in [4.78, 5) is 5.33. The predicted octanol–water partition coefficient (Wildman–Crippen LogP) is 1.90. The standard InChI is InChI=1S/C18H27N3/c1-2-4-17-16(3-1)7-8-19-18(17)14-21-11-9-20(10-12-21)13-15-5-6-15/h1-4,15,18-19H,5-14H2. The quantitative estimate of drug-likeness (QED) is 0.911. The third-order valence-corrected chi connectivity index (χ3v) is 5.33. The normalized spacial score (nSPS) is 27.5. The Morgan fingerprint density at radius 2 is 1.67 bits per heavy atom. The molecule has 0 amide bonds. The van der Waals surface area contributed by atoms with Gasteiger partial charge in [0.2, 0.25) is 0 Å². The second-order valence-electron chi connectivity index (χ2n) is 7.00. The first-order chi connectivity index (χ1) is 10.4. The van der Waals surface area contributed by atoms with Crippen molar-refractivity contribution in [2.75, 3.05) is 45.8 Å². The second kappa shape index (κ2) is 6.07. The molecule has 1 N–H and O–H groups in total. The molecule has 2 aliphatic heterocycles. The average molecular weight is 285 g/mol. The zero-order chi connectivity index (χ0) is 14.1. The molecule has 1 saturated carbocycles. The lowest BCUT2D eigenvalue weighted by atomic mass is 9.94. The van der Waals surface area contributed by atoms with Crippen molar-refractivity contribution < 1.29 is 0 Å². The van der Waals surface area contributed by atoms with Crippen LogP contribution >= 0.6 is 0 Å². The van der Waals surface area contributed by atoms with Crippen molar-refractivity contribution in [3.63, 3.8) is 0 Å². The third-order valence-electron chi connectivity index (χ3n) is 5.33. The van der Waals surface area contributed by atoms with Crippen molar-refractivity contribution in [2.45, 2.75) is 25.3 Å². The Morgan fingerprint density at radius 1 is 0.952 bits per heavy atom. The van der Waals surface area contributed by atoms with Crippen LogP contribution in [0.5, 0.6) is 0 Å². The number of nitrogens with zero attached hydrogens (tertiary/aromatic N) is 2. The SMILES string of the molecule is c1ccc2c(c1)CCNC2CN1CCN(CC2CC2)CC1. The van der Waals surface area contributed by atoms with Crippen LogP contribution in [0.25, 0.3) is 0 Å². The van der Waals surface area contributed by atoms with Crippen LogP contribution in [0.3, 0.4) is 0 Å². The Balaban J connectivity index is 1.33. The van der Waals surface area contributed by atoms with Crippen molar-refractivity contribution in [3.05, 3.63) is 35.4 Å². The fourth-order valence-corrected chi connectivity index (χ4v) is 3.83. The van der Waals surface area contributed by atoms with Gasteiger partial charge in [-0.1, -0.05) is 24.3 Å². The van der Waals surface area contributed by atoms with Crippen LogP contribution in [0.15, 0.2) is 24.3 Å². The molecule has 1 aromatic carbocycles. The molecule has 4 rings (SSSR count). The first kappa shape index (κ1) is 13.7. The molecule has 114 valence electrons. The van der Waals surface area contributed by atoms with Gasteiger partial charge in [0.1, 0.15) is 0 Å². The summed E-state index contributed by atoms with van der Waals surface area (Å²) >= 11 is 0. The van der Waals surface area contributed by atoms with Gasteiger partial charge < -0.3 is 10.2 Å². The molecule has 0 aromatic heterocycles. The van der Waals surface area contributed by atoms with Crippen LogP contribution in [0.4, 0.5) is 0 Å². The van der Waals surface area contributed by atoms with E-state index < -0.39 is 0 Å². The summed E-state index contributed by atoms with van der Waals surface area (Å²) < 4.78 is 0. The fraction of sp³-hybridized carbons (Fsp3) is 0.667. The van der Waals surface area contributed by atoms with Crippen LogP contribution in [0, 0.1) is 5.92 Å². The van der Waals surface area contributed by atoms with E-state index in [4.69, 9.17) is 0 Å². The number of fused-ring (bicyclic) bond motifs is 1. The molecule has 3 aliphatic rings. The number of nitrogens with one attached hydrogen (secondary N) is 1. The summed E-state index contributed by atoms with van der Waals surface area (Å²) in [6.45, 7) is 8.69. The first-order valence-corrected chi connectivity index (χ1v) is 8.64. The first-order valence-electron chi connectivity index (χ1n) is 8.64. The van der Waals surface area contributed by atoms with E-state index in [0.29, 0.717) is 6.04 Å². The summed E-state index contributed by atoms with van der Waals surface area (Å²) in [6.07, 6.45) is 4.13. The number of rotatable bonds is 4. The zero-order valence-electron chi connectivity index (χ0n) is 12.9. The Hall–Kier alpha value is -0.900. The highest BCUT2D eigenvalue weighted by molar-refractivity contribution is 5.32. The molecule has 1 saturated heterocycles. The average Bonchev–Trinajstić information content (AvgIpc) is 3.34. The minimum Gasteiger partial charge on any atom is -0.309 e. The van der Waals surface area contributed by atoms with Gasteiger partial charge in [-0.15, -0.1) is 0 Å². The lowest BCUT2D eigenvalue weighted by molar-refractivity contribution is 0.118. The smallest absolute Gasteiger partial charge is 0.0452 e. The van der Waals surface area contributed by atoms with Gasteiger partial charge in [0, 0.05) is 45.3 Å². The van der Waals surface area contributed by atoms with Crippen molar-refractivity contribution in [1.29, 1.82) is 0 Å². The highest BCUT2D eigenvalue weighted by Crippen LogP contribution is 2.30. The van der Waals surface area contributed by atoms with Gasteiger partial charge in [-0.25, -0.2) is 0 Å². The molecule has 1 unspecified atom stereocenters. The van der Waals surface area contributed by atoms with Gasteiger partial charge in [-0.2, -0.15) is 0 Å². The van der Waals surface area contributed by atoms with Crippen molar-refractivity contribution in [3.8, 4) is 0 Å². The fourth-order valence-electron chi connectivity index (χ4n) is 3.83. The summed E-state index contributed by atoms with van der Waals surface area (Å²) in [6, 6.07) is 9.52. The summed E-state index contributed by atoms with van der Waals surface area (Å²) in [7, 11) is 0.